The van der Waals surface area contributed by atoms with Gasteiger partial charge in [0.2, 0.25) is 5.91 Å². The van der Waals surface area contributed by atoms with Crippen molar-refractivity contribution in [2.45, 2.75) is 40.4 Å². The molecule has 2 aliphatic heterocycles. The van der Waals surface area contributed by atoms with E-state index >= 15 is 0 Å². The van der Waals surface area contributed by atoms with Gasteiger partial charge in [0.25, 0.3) is 12.9 Å². The number of fused-ring (bicyclic) bond motifs is 1. The van der Waals surface area contributed by atoms with Gasteiger partial charge in [-0.2, -0.15) is 5.10 Å². The summed E-state index contributed by atoms with van der Waals surface area (Å²) in [7, 11) is 0. The number of nitrogens with zero attached hydrogens (tertiary/aromatic N) is 5. The Bertz CT molecular complexity index is 938. The van der Waals surface area contributed by atoms with Gasteiger partial charge in [-0.05, 0) is 20.8 Å². The SMILES string of the molecule is CCn1cc(CN2C[C@@H]3COC[C@]3(C(=O)NCCn3cnc(C)c3C)C2)cn1.O=CO.O=CO. The van der Waals surface area contributed by atoms with Gasteiger partial charge in [0.05, 0.1) is 36.8 Å². The maximum Gasteiger partial charge on any atom is 0.290 e. The number of hydrogen-bond acceptors (Lipinski definition) is 7. The van der Waals surface area contributed by atoms with Crippen LogP contribution in [0.2, 0.25) is 0 Å². The molecule has 4 rings (SSSR count). The molecule has 0 bridgehead atoms. The fourth-order valence-electron chi connectivity index (χ4n) is 4.44. The molecule has 0 saturated carbocycles. The average molecular weight is 479 g/mol. The normalized spacial score (nSPS) is 21.0. The zero-order chi connectivity index (χ0) is 25.1. The van der Waals surface area contributed by atoms with Gasteiger partial charge in [-0.1, -0.05) is 0 Å². The van der Waals surface area contributed by atoms with Crippen LogP contribution in [0.1, 0.15) is 23.9 Å². The Morgan fingerprint density at radius 2 is 2.03 bits per heavy atom. The summed E-state index contributed by atoms with van der Waals surface area (Å²) in [5.74, 6) is 0.377. The van der Waals surface area contributed by atoms with Crippen LogP contribution in [0.25, 0.3) is 0 Å². The molecule has 0 aliphatic carbocycles. The molecule has 12 nitrogen and oxygen atoms in total. The van der Waals surface area contributed by atoms with Gasteiger partial charge in [-0.25, -0.2) is 4.98 Å². The number of likely N-dealkylation sites (tertiary alicyclic amines) is 1. The summed E-state index contributed by atoms with van der Waals surface area (Å²) in [6, 6.07) is 0. The molecule has 2 aromatic heterocycles. The Morgan fingerprint density at radius 1 is 1.32 bits per heavy atom. The van der Waals surface area contributed by atoms with Gasteiger partial charge < -0.3 is 24.8 Å². The molecule has 34 heavy (non-hydrogen) atoms. The highest BCUT2D eigenvalue weighted by molar-refractivity contribution is 5.84. The molecular weight excluding hydrogens is 444 g/mol. The van der Waals surface area contributed by atoms with Crippen molar-refractivity contribution in [2.24, 2.45) is 11.3 Å². The number of carbonyl (C=O) groups excluding carboxylic acids is 1. The second-order valence-corrected chi connectivity index (χ2v) is 8.32. The molecule has 2 aromatic rings. The molecule has 0 aromatic carbocycles. The number of nitrogens with one attached hydrogen (secondary N) is 1. The van der Waals surface area contributed by atoms with Gasteiger partial charge >= 0.3 is 0 Å². The monoisotopic (exact) mass is 478 g/mol. The van der Waals surface area contributed by atoms with E-state index in [2.05, 4.69) is 44.9 Å². The first-order valence-corrected chi connectivity index (χ1v) is 11.1. The zero-order valence-corrected chi connectivity index (χ0v) is 19.9. The van der Waals surface area contributed by atoms with Crippen molar-refractivity contribution in [1.29, 1.82) is 0 Å². The highest BCUT2D eigenvalue weighted by Gasteiger charge is 2.55. The van der Waals surface area contributed by atoms with Crippen molar-refractivity contribution in [1.82, 2.24) is 29.5 Å². The molecule has 12 heteroatoms. The molecule has 0 radical (unpaired) electrons. The lowest BCUT2D eigenvalue weighted by Crippen LogP contribution is -2.47. The second-order valence-electron chi connectivity index (χ2n) is 8.32. The quantitative estimate of drug-likeness (QED) is 0.480. The van der Waals surface area contributed by atoms with Crippen molar-refractivity contribution in [3.63, 3.8) is 0 Å². The molecule has 2 fully saturated rings. The first-order valence-electron chi connectivity index (χ1n) is 11.1. The maximum atomic E-state index is 13.1. The topological polar surface area (TPSA) is 152 Å². The van der Waals surface area contributed by atoms with Crippen LogP contribution >= 0.6 is 0 Å². The number of aryl methyl sites for hydroxylation is 2. The molecule has 0 spiro atoms. The lowest BCUT2D eigenvalue weighted by atomic mass is 9.80. The number of carbonyl (C=O) groups is 3. The zero-order valence-electron chi connectivity index (χ0n) is 19.9. The number of imidazole rings is 1. The van der Waals surface area contributed by atoms with Crippen LogP contribution in [0.15, 0.2) is 18.7 Å². The van der Waals surface area contributed by atoms with Crippen LogP contribution in [0.5, 0.6) is 0 Å². The third kappa shape index (κ3) is 6.41. The van der Waals surface area contributed by atoms with Crippen molar-refractivity contribution in [3.8, 4) is 0 Å². The largest absolute Gasteiger partial charge is 0.483 e. The molecule has 1 amide bonds. The van der Waals surface area contributed by atoms with Gasteiger partial charge in [0, 0.05) is 62.6 Å². The highest BCUT2D eigenvalue weighted by atomic mass is 16.5. The van der Waals surface area contributed by atoms with Crippen LogP contribution in [0.4, 0.5) is 0 Å². The third-order valence-corrected chi connectivity index (χ3v) is 6.30. The number of amides is 1. The predicted octanol–water partition coefficient (Wildman–Crippen LogP) is 0.383. The summed E-state index contributed by atoms with van der Waals surface area (Å²) in [5.41, 5.74) is 2.95. The third-order valence-electron chi connectivity index (χ3n) is 6.30. The van der Waals surface area contributed by atoms with E-state index in [0.29, 0.717) is 19.8 Å². The van der Waals surface area contributed by atoms with Gasteiger partial charge in [-0.15, -0.1) is 0 Å². The standard InChI is InChI=1S/C20H30N6O2.2CH2O2/c1-4-26-9-17(7-23-26)8-24-10-18-11-28-13-20(18,12-24)19(27)21-5-6-25-14-22-15(2)16(25)3;2*2-1-3/h7,9,14,18H,4-6,8,10-13H2,1-3H3,(H,21,27);2*1H,(H,2,3)/t18-,20-;;/m1../s1. The van der Waals surface area contributed by atoms with E-state index in [1.807, 2.05) is 24.1 Å². The molecule has 4 heterocycles. The van der Waals surface area contributed by atoms with E-state index in [9.17, 15) is 4.79 Å². The van der Waals surface area contributed by atoms with Crippen LogP contribution < -0.4 is 5.32 Å². The number of carboxylic acid groups (broad SMARTS) is 2. The van der Waals surface area contributed by atoms with Crippen molar-refractivity contribution < 1.29 is 29.3 Å². The Hall–Kier alpha value is -3.25. The minimum Gasteiger partial charge on any atom is -0.483 e. The maximum absolute atomic E-state index is 13.1. The summed E-state index contributed by atoms with van der Waals surface area (Å²) in [6.45, 7) is 11.5. The minimum absolute atomic E-state index is 0.122. The lowest BCUT2D eigenvalue weighted by Gasteiger charge is -2.26. The molecule has 3 N–H and O–H groups in total. The number of aromatic nitrogens is 4. The van der Waals surface area contributed by atoms with E-state index in [1.165, 1.54) is 5.56 Å². The van der Waals surface area contributed by atoms with Crippen LogP contribution in [0, 0.1) is 25.2 Å². The fraction of sp³-hybridized carbons (Fsp3) is 0.591. The van der Waals surface area contributed by atoms with Gasteiger partial charge in [-0.3, -0.25) is 24.0 Å². The molecular formula is C22H34N6O6. The van der Waals surface area contributed by atoms with Crippen LogP contribution in [-0.4, -0.2) is 86.1 Å². The first-order chi connectivity index (χ1) is 16.3. The smallest absolute Gasteiger partial charge is 0.290 e. The first kappa shape index (κ1) is 27.0. The number of hydrogen-bond donors (Lipinski definition) is 3. The molecule has 2 atom stereocenters. The van der Waals surface area contributed by atoms with Crippen LogP contribution in [-0.2, 0) is 38.8 Å². The Labute approximate surface area is 198 Å². The highest BCUT2D eigenvalue weighted by Crippen LogP contribution is 2.42. The van der Waals surface area contributed by atoms with E-state index < -0.39 is 5.41 Å². The predicted molar refractivity (Wildman–Crippen MR) is 122 cm³/mol. The van der Waals surface area contributed by atoms with Crippen molar-refractivity contribution in [2.75, 3.05) is 32.8 Å². The van der Waals surface area contributed by atoms with Crippen molar-refractivity contribution >= 4 is 18.9 Å². The minimum atomic E-state index is -0.430. The molecule has 2 saturated heterocycles. The lowest BCUT2D eigenvalue weighted by molar-refractivity contribution is -0.131. The summed E-state index contributed by atoms with van der Waals surface area (Å²) in [4.78, 5) is 36.5. The Morgan fingerprint density at radius 3 is 2.62 bits per heavy atom. The summed E-state index contributed by atoms with van der Waals surface area (Å²) in [5, 5.41) is 21.3. The fourth-order valence-corrected chi connectivity index (χ4v) is 4.44. The van der Waals surface area contributed by atoms with E-state index in [1.54, 1.807) is 0 Å². The van der Waals surface area contributed by atoms with E-state index in [-0.39, 0.29) is 24.8 Å². The second kappa shape index (κ2) is 12.8. The molecule has 2 aliphatic rings. The Balaban J connectivity index is 0.000000618. The summed E-state index contributed by atoms with van der Waals surface area (Å²) < 4.78 is 9.75. The number of ether oxygens (including phenoxy) is 1. The van der Waals surface area contributed by atoms with Crippen molar-refractivity contribution in [3.05, 3.63) is 35.7 Å². The molecule has 0 unspecified atom stereocenters. The van der Waals surface area contributed by atoms with E-state index in [4.69, 9.17) is 24.5 Å². The molecule has 188 valence electrons. The van der Waals surface area contributed by atoms with Gasteiger partial charge in [0.1, 0.15) is 0 Å². The van der Waals surface area contributed by atoms with Gasteiger partial charge in [0.15, 0.2) is 0 Å². The average Bonchev–Trinajstić information content (AvgIpc) is 3.56. The Kier molecular flexibility index (Phi) is 10.2. The summed E-state index contributed by atoms with van der Waals surface area (Å²) in [6.07, 6.45) is 5.85. The number of rotatable bonds is 7. The van der Waals surface area contributed by atoms with Crippen LogP contribution in [0.3, 0.4) is 0 Å². The van der Waals surface area contributed by atoms with E-state index in [0.717, 1.165) is 44.1 Å². The summed E-state index contributed by atoms with van der Waals surface area (Å²) >= 11 is 0.